The van der Waals surface area contributed by atoms with Crippen molar-refractivity contribution in [3.05, 3.63) is 35.4 Å². The van der Waals surface area contributed by atoms with Crippen LogP contribution in [-0.4, -0.2) is 19.2 Å². The van der Waals surface area contributed by atoms with Crippen LogP contribution < -0.4 is 5.32 Å². The number of nitrogens with one attached hydrogen (secondary N) is 1. The molecule has 0 saturated carbocycles. The molecule has 0 radical (unpaired) electrons. The third-order valence-corrected chi connectivity index (χ3v) is 2.78. The first-order chi connectivity index (χ1) is 7.20. The van der Waals surface area contributed by atoms with Crippen LogP contribution in [0.3, 0.4) is 0 Å². The van der Waals surface area contributed by atoms with Gasteiger partial charge >= 0.3 is 0 Å². The van der Waals surface area contributed by atoms with E-state index < -0.39 is 0 Å². The highest BCUT2D eigenvalue weighted by Gasteiger charge is 2.23. The number of aryl methyl sites for hydroxylation is 1. The van der Waals surface area contributed by atoms with Gasteiger partial charge in [-0.15, -0.1) is 0 Å². The van der Waals surface area contributed by atoms with Gasteiger partial charge in [0.1, 0.15) is 0 Å². The van der Waals surface area contributed by atoms with E-state index in [1.54, 1.807) is 0 Å². The molecule has 1 aromatic rings. The van der Waals surface area contributed by atoms with Crippen LogP contribution in [0, 0.1) is 5.92 Å². The Labute approximate surface area is 92.3 Å². The van der Waals surface area contributed by atoms with E-state index in [0.29, 0.717) is 5.92 Å². The van der Waals surface area contributed by atoms with Crippen molar-refractivity contribution in [3.63, 3.8) is 0 Å². The maximum atomic E-state index is 9.83. The minimum atomic E-state index is -0.241. The second-order valence-corrected chi connectivity index (χ2v) is 4.16. The van der Waals surface area contributed by atoms with E-state index in [9.17, 15) is 5.11 Å². The van der Waals surface area contributed by atoms with Crippen molar-refractivity contribution < 1.29 is 5.11 Å². The normalized spacial score (nSPS) is 23.7. The largest absolute Gasteiger partial charge is 0.388 e. The van der Waals surface area contributed by atoms with Gasteiger partial charge in [-0.25, -0.2) is 0 Å². The van der Waals surface area contributed by atoms with Gasteiger partial charge in [0, 0.05) is 0 Å². The third kappa shape index (κ3) is 3.05. The average molecular weight is 207 g/mol. The number of rotatable bonds is 0. The molecule has 2 N–H and O–H groups in total. The number of aliphatic hydroxyl groups is 1. The Hall–Kier alpha value is -0.860. The highest BCUT2D eigenvalue weighted by molar-refractivity contribution is 5.31. The van der Waals surface area contributed by atoms with Crippen LogP contribution in [0.4, 0.5) is 0 Å². The second-order valence-electron chi connectivity index (χ2n) is 4.16. The highest BCUT2D eigenvalue weighted by atomic mass is 16.3. The standard InChI is InChI=1S/C11H14O.C2H7N/c1-8-6-7-9-4-2-3-5-10(9)11(8)12;1-3-2/h2-5,8,11-12H,6-7H2,1H3;3H,1-2H3. The molecule has 0 saturated heterocycles. The lowest BCUT2D eigenvalue weighted by Gasteiger charge is -2.27. The second kappa shape index (κ2) is 5.89. The van der Waals surface area contributed by atoms with Gasteiger partial charge in [0.25, 0.3) is 0 Å². The topological polar surface area (TPSA) is 32.3 Å². The van der Waals surface area contributed by atoms with Gasteiger partial charge in [0.05, 0.1) is 6.10 Å². The van der Waals surface area contributed by atoms with E-state index >= 15 is 0 Å². The Kier molecular flexibility index (Phi) is 4.79. The summed E-state index contributed by atoms with van der Waals surface area (Å²) in [6.45, 7) is 2.11. The van der Waals surface area contributed by atoms with E-state index in [1.807, 2.05) is 32.3 Å². The lowest BCUT2D eigenvalue weighted by molar-refractivity contribution is 0.104. The number of fused-ring (bicyclic) bond motifs is 1. The SMILES string of the molecule is CC1CCc2ccccc2C1O.CNC. The Morgan fingerprint density at radius 3 is 2.53 bits per heavy atom. The minimum Gasteiger partial charge on any atom is -0.388 e. The maximum absolute atomic E-state index is 9.83. The molecule has 84 valence electrons. The van der Waals surface area contributed by atoms with Gasteiger partial charge in [-0.05, 0) is 44.0 Å². The predicted octanol–water partition coefficient (Wildman–Crippen LogP) is 2.14. The first-order valence-corrected chi connectivity index (χ1v) is 5.55. The lowest BCUT2D eigenvalue weighted by atomic mass is 9.83. The van der Waals surface area contributed by atoms with Crippen molar-refractivity contribution in [3.8, 4) is 0 Å². The molecule has 1 aliphatic carbocycles. The molecule has 1 aromatic carbocycles. The van der Waals surface area contributed by atoms with Crippen LogP contribution in [0.1, 0.15) is 30.6 Å². The van der Waals surface area contributed by atoms with Gasteiger partial charge in [-0.2, -0.15) is 0 Å². The van der Waals surface area contributed by atoms with Gasteiger partial charge in [0.15, 0.2) is 0 Å². The fraction of sp³-hybridized carbons (Fsp3) is 0.538. The van der Waals surface area contributed by atoms with Crippen molar-refractivity contribution in [1.29, 1.82) is 0 Å². The molecule has 2 unspecified atom stereocenters. The molecular weight excluding hydrogens is 186 g/mol. The number of hydrogen-bond donors (Lipinski definition) is 2. The van der Waals surface area contributed by atoms with Crippen LogP contribution in [0.2, 0.25) is 0 Å². The molecule has 1 aliphatic rings. The summed E-state index contributed by atoms with van der Waals surface area (Å²) < 4.78 is 0. The molecule has 0 bridgehead atoms. The fourth-order valence-corrected chi connectivity index (χ4v) is 1.90. The Morgan fingerprint density at radius 1 is 1.27 bits per heavy atom. The van der Waals surface area contributed by atoms with E-state index in [0.717, 1.165) is 18.4 Å². The first kappa shape index (κ1) is 12.2. The fourth-order valence-electron chi connectivity index (χ4n) is 1.90. The van der Waals surface area contributed by atoms with Crippen LogP contribution >= 0.6 is 0 Å². The number of aliphatic hydroxyl groups excluding tert-OH is 1. The zero-order valence-electron chi connectivity index (χ0n) is 9.83. The Balaban J connectivity index is 0.000000337. The minimum absolute atomic E-state index is 0.241. The maximum Gasteiger partial charge on any atom is 0.0818 e. The van der Waals surface area contributed by atoms with E-state index in [-0.39, 0.29) is 6.10 Å². The van der Waals surface area contributed by atoms with Crippen molar-refractivity contribution in [2.24, 2.45) is 5.92 Å². The quantitative estimate of drug-likeness (QED) is 0.683. The van der Waals surface area contributed by atoms with Gasteiger partial charge in [-0.3, -0.25) is 0 Å². The summed E-state index contributed by atoms with van der Waals surface area (Å²) in [5.74, 6) is 0.417. The number of hydrogen-bond acceptors (Lipinski definition) is 2. The zero-order valence-corrected chi connectivity index (χ0v) is 9.83. The summed E-state index contributed by atoms with van der Waals surface area (Å²) in [7, 11) is 3.75. The third-order valence-electron chi connectivity index (χ3n) is 2.78. The molecule has 2 nitrogen and oxygen atoms in total. The summed E-state index contributed by atoms with van der Waals surface area (Å²) in [5, 5.41) is 12.6. The van der Waals surface area contributed by atoms with Crippen molar-refractivity contribution in [2.45, 2.75) is 25.9 Å². The monoisotopic (exact) mass is 207 g/mol. The van der Waals surface area contributed by atoms with Crippen LogP contribution in [0.15, 0.2) is 24.3 Å². The van der Waals surface area contributed by atoms with E-state index in [1.165, 1.54) is 5.56 Å². The average Bonchev–Trinajstić information content (AvgIpc) is 2.25. The lowest BCUT2D eigenvalue weighted by Crippen LogP contribution is -2.17. The Morgan fingerprint density at radius 2 is 1.87 bits per heavy atom. The summed E-state index contributed by atoms with van der Waals surface area (Å²) in [6.07, 6.45) is 1.99. The van der Waals surface area contributed by atoms with Crippen LogP contribution in [0.25, 0.3) is 0 Å². The molecule has 2 heteroatoms. The van der Waals surface area contributed by atoms with E-state index in [2.05, 4.69) is 18.3 Å². The van der Waals surface area contributed by atoms with Crippen LogP contribution in [-0.2, 0) is 6.42 Å². The summed E-state index contributed by atoms with van der Waals surface area (Å²) >= 11 is 0. The Bertz CT molecular complexity index is 298. The first-order valence-electron chi connectivity index (χ1n) is 5.55. The molecule has 0 aliphatic heterocycles. The van der Waals surface area contributed by atoms with Gasteiger partial charge < -0.3 is 10.4 Å². The molecular formula is C13H21NO. The molecule has 0 aromatic heterocycles. The van der Waals surface area contributed by atoms with Crippen molar-refractivity contribution in [1.82, 2.24) is 5.32 Å². The van der Waals surface area contributed by atoms with Crippen molar-refractivity contribution in [2.75, 3.05) is 14.1 Å². The van der Waals surface area contributed by atoms with E-state index in [4.69, 9.17) is 0 Å². The summed E-state index contributed by atoms with van der Waals surface area (Å²) in [5.41, 5.74) is 2.46. The van der Waals surface area contributed by atoms with Crippen LogP contribution in [0.5, 0.6) is 0 Å². The highest BCUT2D eigenvalue weighted by Crippen LogP contribution is 2.33. The summed E-state index contributed by atoms with van der Waals surface area (Å²) in [4.78, 5) is 0. The van der Waals surface area contributed by atoms with Gasteiger partial charge in [0.2, 0.25) is 0 Å². The molecule has 15 heavy (non-hydrogen) atoms. The molecule has 2 rings (SSSR count). The summed E-state index contributed by atoms with van der Waals surface area (Å²) in [6, 6.07) is 8.20. The zero-order chi connectivity index (χ0) is 11.3. The van der Waals surface area contributed by atoms with Gasteiger partial charge in [-0.1, -0.05) is 31.2 Å². The molecule has 0 fully saturated rings. The number of benzene rings is 1. The molecule has 2 atom stereocenters. The predicted molar refractivity (Wildman–Crippen MR) is 63.9 cm³/mol. The van der Waals surface area contributed by atoms with Crippen molar-refractivity contribution >= 4 is 0 Å². The molecule has 0 heterocycles. The smallest absolute Gasteiger partial charge is 0.0818 e. The molecule has 0 spiro atoms. The molecule has 0 amide bonds.